The summed E-state index contributed by atoms with van der Waals surface area (Å²) in [5, 5.41) is 41.8. The molecule has 0 unspecified atom stereocenters. The normalized spacial score (nSPS) is 18.8. The maximum Gasteiger partial charge on any atom is 0.347 e. The first kappa shape index (κ1) is 32.9. The van der Waals surface area contributed by atoms with E-state index in [1.165, 1.54) is 18.7 Å². The Balaban J connectivity index is 1.46. The molecule has 4 rings (SSSR count). The van der Waals surface area contributed by atoms with E-state index < -0.39 is 47.0 Å². The summed E-state index contributed by atoms with van der Waals surface area (Å²) in [5.41, 5.74) is 6.04. The SMILES string of the molecule is C[C@H](O/N=C(\C(=O)N[C@@H]1C(=O)N2C(C(=O)[O-])=C(C[n+]3ccc(NCCNCCO)cc3)CS[C@H]12)c1nc(N)sc1Cl)C(=O)O. The van der Waals surface area contributed by atoms with Gasteiger partial charge in [-0.15, -0.1) is 11.8 Å². The topological polar surface area (TPSA) is 236 Å². The van der Waals surface area contributed by atoms with Crippen LogP contribution < -0.4 is 31.4 Å². The Labute approximate surface area is 263 Å². The number of carboxylic acids is 2. The number of nitrogens with one attached hydrogen (secondary N) is 3. The summed E-state index contributed by atoms with van der Waals surface area (Å²) < 4.78 is 1.75. The maximum atomic E-state index is 13.2. The van der Waals surface area contributed by atoms with Crippen molar-refractivity contribution in [3.05, 3.63) is 45.8 Å². The molecule has 2 aliphatic rings. The number of carbonyl (C=O) groups excluding carboxylic acids is 3. The van der Waals surface area contributed by atoms with E-state index in [1.54, 1.807) is 17.0 Å². The first-order chi connectivity index (χ1) is 21.0. The summed E-state index contributed by atoms with van der Waals surface area (Å²) in [4.78, 5) is 59.7. The Bertz CT molecular complexity index is 1480. The van der Waals surface area contributed by atoms with Gasteiger partial charge in [0.15, 0.2) is 29.8 Å². The van der Waals surface area contributed by atoms with Crippen molar-refractivity contribution in [3.63, 3.8) is 0 Å². The predicted octanol–water partition coefficient (Wildman–Crippen LogP) is -2.04. The fourth-order valence-electron chi connectivity index (χ4n) is 4.24. The second-order valence-electron chi connectivity index (χ2n) is 9.46. The van der Waals surface area contributed by atoms with Crippen molar-refractivity contribution < 1.29 is 43.9 Å². The number of carboxylic acid groups (broad SMARTS) is 2. The molecule has 1 saturated heterocycles. The van der Waals surface area contributed by atoms with Gasteiger partial charge in [-0.2, -0.15) is 0 Å². The number of aliphatic hydroxyl groups excluding tert-OH is 1. The Morgan fingerprint density at radius 2 is 2.05 bits per heavy atom. The molecule has 0 bridgehead atoms. The molecule has 2 amide bonds. The van der Waals surface area contributed by atoms with Crippen LogP contribution in [0.2, 0.25) is 4.34 Å². The van der Waals surface area contributed by atoms with Crippen LogP contribution in [0.5, 0.6) is 0 Å². The first-order valence-electron chi connectivity index (χ1n) is 13.1. The third-order valence-corrected chi connectivity index (χ3v) is 8.83. The van der Waals surface area contributed by atoms with Crippen LogP contribution in [0.1, 0.15) is 12.6 Å². The van der Waals surface area contributed by atoms with Gasteiger partial charge in [0, 0.05) is 48.8 Å². The van der Waals surface area contributed by atoms with Crippen LogP contribution >= 0.6 is 34.7 Å². The van der Waals surface area contributed by atoms with E-state index in [0.29, 0.717) is 25.2 Å². The number of aromatic nitrogens is 2. The molecule has 236 valence electrons. The number of β-lactam (4-membered cyclic amide) rings is 1. The number of aliphatic hydroxyl groups is 1. The molecule has 7 N–H and O–H groups in total. The lowest BCUT2D eigenvalue weighted by molar-refractivity contribution is -0.689. The molecule has 2 aromatic heterocycles. The molecule has 19 heteroatoms. The molecule has 44 heavy (non-hydrogen) atoms. The van der Waals surface area contributed by atoms with Crippen molar-refractivity contribution in [2.24, 2.45) is 5.16 Å². The van der Waals surface area contributed by atoms with E-state index in [4.69, 9.17) is 32.4 Å². The summed E-state index contributed by atoms with van der Waals surface area (Å²) in [6.07, 6.45) is 2.12. The number of oxime groups is 1. The number of thiazole rings is 1. The Kier molecular flexibility index (Phi) is 11.0. The van der Waals surface area contributed by atoms with Gasteiger partial charge >= 0.3 is 5.97 Å². The van der Waals surface area contributed by atoms with Crippen LogP contribution in [0, 0.1) is 0 Å². The number of hydrogen-bond donors (Lipinski definition) is 6. The molecule has 3 atom stereocenters. The van der Waals surface area contributed by atoms with Gasteiger partial charge in [0.25, 0.3) is 11.8 Å². The van der Waals surface area contributed by atoms with Crippen LogP contribution in [-0.4, -0.2) is 99.1 Å². The standard InChI is InChI=1S/C25H29ClN8O8S2/c1-12(23(38)39)42-32-16(15-19(26)44-25(27)31-15)20(36)30-17-21(37)34-18(24(40)41)13(11-43-22(17)34)10-33-7-2-14(3-8-33)29-5-4-28-6-9-35/h2-3,7-8,12,17,22,28,35H,4-6,9-11H2,1H3,(H5,27,30,31,36,38,39,40,41)/b32-16-/t12-,17+,22+/m0/s1. The Hall–Kier alpha value is -3.97. The largest absolute Gasteiger partial charge is 0.543 e. The van der Waals surface area contributed by atoms with Crippen molar-refractivity contribution in [3.8, 4) is 0 Å². The van der Waals surface area contributed by atoms with Gasteiger partial charge in [-0.3, -0.25) is 14.5 Å². The number of nitrogens with two attached hydrogens (primary N) is 1. The van der Waals surface area contributed by atoms with E-state index in [-0.39, 0.29) is 39.8 Å². The van der Waals surface area contributed by atoms with Gasteiger partial charge in [0.2, 0.25) is 6.10 Å². The predicted molar refractivity (Wildman–Crippen MR) is 158 cm³/mol. The van der Waals surface area contributed by atoms with Gasteiger partial charge in [-0.05, 0) is 6.92 Å². The molecule has 16 nitrogen and oxygen atoms in total. The van der Waals surface area contributed by atoms with Crippen molar-refractivity contribution in [2.75, 3.05) is 43.0 Å². The molecule has 0 saturated carbocycles. The highest BCUT2D eigenvalue weighted by atomic mass is 35.5. The molecular weight excluding hydrogens is 640 g/mol. The lowest BCUT2D eigenvalue weighted by Gasteiger charge is -2.50. The van der Waals surface area contributed by atoms with Crippen LogP contribution in [0.15, 0.2) is 41.0 Å². The van der Waals surface area contributed by atoms with E-state index in [1.807, 2.05) is 12.1 Å². The number of hydrogen-bond acceptors (Lipinski definition) is 14. The maximum absolute atomic E-state index is 13.2. The van der Waals surface area contributed by atoms with Gasteiger partial charge in [0.1, 0.15) is 21.4 Å². The van der Waals surface area contributed by atoms with E-state index in [0.717, 1.165) is 21.9 Å². The molecule has 0 radical (unpaired) electrons. The molecule has 2 aromatic rings. The van der Waals surface area contributed by atoms with E-state index >= 15 is 0 Å². The zero-order valence-corrected chi connectivity index (χ0v) is 25.6. The van der Waals surface area contributed by atoms with Crippen LogP contribution in [0.3, 0.4) is 0 Å². The monoisotopic (exact) mass is 668 g/mol. The van der Waals surface area contributed by atoms with Crippen molar-refractivity contribution in [2.45, 2.75) is 31.0 Å². The van der Waals surface area contributed by atoms with Gasteiger partial charge < -0.3 is 46.6 Å². The molecule has 2 aliphatic heterocycles. The number of pyridine rings is 1. The van der Waals surface area contributed by atoms with E-state index in [9.17, 15) is 24.3 Å². The number of amides is 2. The number of rotatable bonds is 15. The smallest absolute Gasteiger partial charge is 0.347 e. The number of nitrogens with zero attached hydrogens (tertiary/aromatic N) is 4. The summed E-state index contributed by atoms with van der Waals surface area (Å²) in [6.45, 7) is 3.25. The number of nitrogen functional groups attached to an aromatic ring is 1. The highest BCUT2D eigenvalue weighted by molar-refractivity contribution is 8.00. The van der Waals surface area contributed by atoms with Gasteiger partial charge in [0.05, 0.1) is 18.3 Å². The second-order valence-corrected chi connectivity index (χ2v) is 12.2. The average molecular weight is 669 g/mol. The van der Waals surface area contributed by atoms with Crippen LogP contribution in [0.4, 0.5) is 10.8 Å². The molecule has 0 aliphatic carbocycles. The minimum atomic E-state index is -1.53. The third kappa shape index (κ3) is 7.56. The summed E-state index contributed by atoms with van der Waals surface area (Å²) in [6, 6.07) is 2.52. The minimum absolute atomic E-state index is 0.0112. The van der Waals surface area contributed by atoms with Crippen molar-refractivity contribution in [1.29, 1.82) is 0 Å². The van der Waals surface area contributed by atoms with Crippen molar-refractivity contribution >= 4 is 75.0 Å². The fourth-order valence-corrected chi connectivity index (χ4v) is 6.50. The van der Waals surface area contributed by atoms with E-state index in [2.05, 4.69) is 26.1 Å². The lowest BCUT2D eigenvalue weighted by atomic mass is 10.0. The molecule has 1 fully saturated rings. The zero-order valence-electron chi connectivity index (χ0n) is 23.2. The molecule has 0 spiro atoms. The van der Waals surface area contributed by atoms with Crippen molar-refractivity contribution in [1.82, 2.24) is 20.5 Å². The quantitative estimate of drug-likeness (QED) is 0.0395. The Morgan fingerprint density at radius 1 is 1.32 bits per heavy atom. The number of fused-ring (bicyclic) bond motifs is 1. The molecular formula is C25H29ClN8O8S2. The summed E-state index contributed by atoms with van der Waals surface area (Å²) >= 11 is 8.25. The zero-order chi connectivity index (χ0) is 32.0. The highest BCUT2D eigenvalue weighted by Crippen LogP contribution is 2.40. The second kappa shape index (κ2) is 14.7. The van der Waals surface area contributed by atoms with Crippen LogP contribution in [-0.2, 0) is 30.6 Å². The van der Waals surface area contributed by atoms with Crippen LogP contribution in [0.25, 0.3) is 0 Å². The summed E-state index contributed by atoms with van der Waals surface area (Å²) in [5.74, 6) is -4.27. The number of halogens is 1. The molecule has 0 aromatic carbocycles. The number of aliphatic carboxylic acids is 2. The molecule has 4 heterocycles. The summed E-state index contributed by atoms with van der Waals surface area (Å²) in [7, 11) is 0. The fraction of sp³-hybridized carbons (Fsp3) is 0.400. The number of thioether (sulfide) groups is 1. The first-order valence-corrected chi connectivity index (χ1v) is 15.4. The minimum Gasteiger partial charge on any atom is -0.543 e. The number of anilines is 2. The number of carbonyl (C=O) groups is 4. The third-order valence-electron chi connectivity index (χ3n) is 6.40. The van der Waals surface area contributed by atoms with Gasteiger partial charge in [-0.25, -0.2) is 14.3 Å². The highest BCUT2D eigenvalue weighted by Gasteiger charge is 2.53. The lowest BCUT2D eigenvalue weighted by Crippen LogP contribution is -2.71. The Morgan fingerprint density at radius 3 is 2.66 bits per heavy atom. The van der Waals surface area contributed by atoms with Gasteiger partial charge in [-0.1, -0.05) is 28.1 Å². The average Bonchev–Trinajstić information content (AvgIpc) is 3.33.